The number of amides is 1. The van der Waals surface area contributed by atoms with Crippen LogP contribution in [-0.2, 0) is 11.3 Å². The van der Waals surface area contributed by atoms with Gasteiger partial charge in [-0.25, -0.2) is 0 Å². The number of thioether (sulfide) groups is 1. The predicted octanol–water partition coefficient (Wildman–Crippen LogP) is 3.60. The number of rotatable bonds is 7. The summed E-state index contributed by atoms with van der Waals surface area (Å²) in [6.07, 6.45) is 3.62. The number of carbonyl (C=O) groups is 1. The van der Waals surface area contributed by atoms with Crippen molar-refractivity contribution in [2.45, 2.75) is 18.4 Å². The zero-order chi connectivity index (χ0) is 15.9. The number of methoxy groups -OCH3 is 1. The zero-order valence-corrected chi connectivity index (χ0v) is 14.0. The van der Waals surface area contributed by atoms with Gasteiger partial charge in [-0.2, -0.15) is 0 Å². The monoisotopic (exact) mass is 319 g/mol. The zero-order valence-electron chi connectivity index (χ0n) is 13.2. The Morgan fingerprint density at radius 2 is 2.18 bits per heavy atom. The summed E-state index contributed by atoms with van der Waals surface area (Å²) in [5.41, 5.74) is 1.71. The summed E-state index contributed by atoms with van der Waals surface area (Å²) in [6, 6.07) is 9.67. The first-order valence-corrected chi connectivity index (χ1v) is 8.33. The van der Waals surface area contributed by atoms with E-state index in [1.54, 1.807) is 30.0 Å². The van der Waals surface area contributed by atoms with E-state index in [0.29, 0.717) is 19.7 Å². The van der Waals surface area contributed by atoms with E-state index < -0.39 is 0 Å². The molecule has 0 unspecified atom stereocenters. The summed E-state index contributed by atoms with van der Waals surface area (Å²) < 4.78 is 10.5. The third-order valence-corrected chi connectivity index (χ3v) is 4.18. The third-order valence-electron chi connectivity index (χ3n) is 3.45. The first-order chi connectivity index (χ1) is 10.7. The van der Waals surface area contributed by atoms with E-state index in [1.807, 2.05) is 43.5 Å². The molecule has 0 atom stereocenters. The van der Waals surface area contributed by atoms with Crippen molar-refractivity contribution in [1.29, 1.82) is 0 Å². The van der Waals surface area contributed by atoms with E-state index in [9.17, 15) is 4.79 Å². The van der Waals surface area contributed by atoms with Gasteiger partial charge < -0.3 is 14.1 Å². The van der Waals surface area contributed by atoms with Crippen LogP contribution in [0, 0.1) is 6.92 Å². The molecule has 0 N–H and O–H groups in total. The van der Waals surface area contributed by atoms with Gasteiger partial charge in [-0.1, -0.05) is 6.07 Å². The van der Waals surface area contributed by atoms with Crippen LogP contribution in [0.3, 0.4) is 0 Å². The molecule has 2 aromatic rings. The van der Waals surface area contributed by atoms with Crippen LogP contribution in [0.4, 0.5) is 0 Å². The SMILES string of the molecule is COCCN(Cc1ccco1)C(=O)c1cc(SC)ccc1C. The second-order valence-corrected chi connectivity index (χ2v) is 5.86. The summed E-state index contributed by atoms with van der Waals surface area (Å²) >= 11 is 1.63. The lowest BCUT2D eigenvalue weighted by molar-refractivity contribution is 0.0665. The van der Waals surface area contributed by atoms with Crippen LogP contribution in [-0.4, -0.2) is 37.3 Å². The summed E-state index contributed by atoms with van der Waals surface area (Å²) in [4.78, 5) is 15.7. The molecule has 0 aliphatic carbocycles. The van der Waals surface area contributed by atoms with Crippen LogP contribution in [0.25, 0.3) is 0 Å². The number of furan rings is 1. The average Bonchev–Trinajstić information content (AvgIpc) is 3.04. The number of hydrogen-bond acceptors (Lipinski definition) is 4. The van der Waals surface area contributed by atoms with Gasteiger partial charge in [-0.3, -0.25) is 4.79 Å². The predicted molar refractivity (Wildman–Crippen MR) is 88.3 cm³/mol. The minimum Gasteiger partial charge on any atom is -0.467 e. The average molecular weight is 319 g/mol. The minimum absolute atomic E-state index is 0.00171. The fourth-order valence-electron chi connectivity index (χ4n) is 2.17. The van der Waals surface area contributed by atoms with Gasteiger partial charge >= 0.3 is 0 Å². The van der Waals surface area contributed by atoms with Crippen LogP contribution in [0.5, 0.6) is 0 Å². The summed E-state index contributed by atoms with van der Waals surface area (Å²) in [7, 11) is 1.63. The molecule has 0 spiro atoms. The minimum atomic E-state index is 0.00171. The molecule has 0 fully saturated rings. The van der Waals surface area contributed by atoms with Crippen LogP contribution in [0.2, 0.25) is 0 Å². The van der Waals surface area contributed by atoms with E-state index in [1.165, 1.54) is 0 Å². The lowest BCUT2D eigenvalue weighted by Crippen LogP contribution is -2.33. The van der Waals surface area contributed by atoms with Crippen LogP contribution >= 0.6 is 11.8 Å². The maximum Gasteiger partial charge on any atom is 0.254 e. The smallest absolute Gasteiger partial charge is 0.254 e. The molecule has 0 saturated carbocycles. The fraction of sp³-hybridized carbons (Fsp3) is 0.353. The highest BCUT2D eigenvalue weighted by atomic mass is 32.2. The van der Waals surface area contributed by atoms with Gasteiger partial charge in [0.15, 0.2) is 0 Å². The van der Waals surface area contributed by atoms with Crippen molar-refractivity contribution in [3.63, 3.8) is 0 Å². The second-order valence-electron chi connectivity index (χ2n) is 4.98. The van der Waals surface area contributed by atoms with Crippen molar-refractivity contribution in [3.05, 3.63) is 53.5 Å². The number of ether oxygens (including phenoxy) is 1. The lowest BCUT2D eigenvalue weighted by Gasteiger charge is -2.22. The maximum atomic E-state index is 12.9. The molecule has 0 saturated heterocycles. The van der Waals surface area contributed by atoms with Gasteiger partial charge in [0.25, 0.3) is 5.91 Å². The molecule has 1 amide bonds. The molecular formula is C17H21NO3S. The normalized spacial score (nSPS) is 10.7. The van der Waals surface area contributed by atoms with Crippen molar-refractivity contribution < 1.29 is 13.9 Å². The molecule has 22 heavy (non-hydrogen) atoms. The summed E-state index contributed by atoms with van der Waals surface area (Å²) in [5, 5.41) is 0. The molecule has 1 aromatic carbocycles. The third kappa shape index (κ3) is 4.15. The van der Waals surface area contributed by atoms with E-state index in [-0.39, 0.29) is 5.91 Å². The van der Waals surface area contributed by atoms with Crippen LogP contribution in [0.15, 0.2) is 45.9 Å². The van der Waals surface area contributed by atoms with Crippen LogP contribution < -0.4 is 0 Å². The van der Waals surface area contributed by atoms with Gasteiger partial charge in [0.2, 0.25) is 0 Å². The van der Waals surface area contributed by atoms with E-state index in [4.69, 9.17) is 9.15 Å². The Morgan fingerprint density at radius 3 is 2.82 bits per heavy atom. The summed E-state index contributed by atoms with van der Waals surface area (Å²) in [5.74, 6) is 0.768. The molecule has 118 valence electrons. The maximum absolute atomic E-state index is 12.9. The van der Waals surface area contributed by atoms with Gasteiger partial charge in [0.1, 0.15) is 5.76 Å². The van der Waals surface area contributed by atoms with E-state index >= 15 is 0 Å². The number of benzene rings is 1. The Balaban J connectivity index is 2.23. The molecule has 5 heteroatoms. The molecule has 2 rings (SSSR count). The highest BCUT2D eigenvalue weighted by Crippen LogP contribution is 2.21. The van der Waals surface area contributed by atoms with Crippen LogP contribution in [0.1, 0.15) is 21.7 Å². The molecule has 1 heterocycles. The van der Waals surface area contributed by atoms with Gasteiger partial charge in [0.05, 0.1) is 19.4 Å². The molecule has 0 radical (unpaired) electrons. The van der Waals surface area contributed by atoms with Crippen molar-refractivity contribution in [3.8, 4) is 0 Å². The number of nitrogens with zero attached hydrogens (tertiary/aromatic N) is 1. The first-order valence-electron chi connectivity index (χ1n) is 7.11. The van der Waals surface area contributed by atoms with Gasteiger partial charge in [-0.15, -0.1) is 11.8 Å². The Labute approximate surface area is 135 Å². The molecule has 0 aliphatic rings. The topological polar surface area (TPSA) is 42.7 Å². The Kier molecular flexibility index (Phi) is 6.10. The van der Waals surface area contributed by atoms with Gasteiger partial charge in [0, 0.05) is 24.1 Å². The number of hydrogen-bond donors (Lipinski definition) is 0. The van der Waals surface area contributed by atoms with E-state index in [2.05, 4.69) is 0 Å². The quantitative estimate of drug-likeness (QED) is 0.731. The molecule has 0 aliphatic heterocycles. The Bertz CT molecular complexity index is 610. The number of aryl methyl sites for hydroxylation is 1. The fourth-order valence-corrected chi connectivity index (χ4v) is 2.61. The Hall–Kier alpha value is -1.72. The van der Waals surface area contributed by atoms with Crippen molar-refractivity contribution >= 4 is 17.7 Å². The largest absolute Gasteiger partial charge is 0.467 e. The lowest BCUT2D eigenvalue weighted by atomic mass is 10.1. The standard InChI is InChI=1S/C17H21NO3S/c1-13-6-7-15(22-3)11-16(13)17(19)18(8-10-20-2)12-14-5-4-9-21-14/h4-7,9,11H,8,10,12H2,1-3H3. The Morgan fingerprint density at radius 1 is 1.36 bits per heavy atom. The molecule has 1 aromatic heterocycles. The summed E-state index contributed by atoms with van der Waals surface area (Å²) in [6.45, 7) is 3.42. The highest BCUT2D eigenvalue weighted by molar-refractivity contribution is 7.98. The van der Waals surface area contributed by atoms with Crippen molar-refractivity contribution in [2.75, 3.05) is 26.5 Å². The molecule has 4 nitrogen and oxygen atoms in total. The van der Waals surface area contributed by atoms with E-state index in [0.717, 1.165) is 21.8 Å². The molecular weight excluding hydrogens is 298 g/mol. The first kappa shape index (κ1) is 16.6. The van der Waals surface area contributed by atoms with Gasteiger partial charge in [-0.05, 0) is 43.0 Å². The number of carbonyl (C=O) groups excluding carboxylic acids is 1. The van der Waals surface area contributed by atoms with Crippen molar-refractivity contribution in [2.24, 2.45) is 0 Å². The highest BCUT2D eigenvalue weighted by Gasteiger charge is 2.19. The second kappa shape index (κ2) is 8.06. The van der Waals surface area contributed by atoms with Crippen molar-refractivity contribution in [1.82, 2.24) is 4.90 Å². The molecule has 0 bridgehead atoms.